The van der Waals surface area contributed by atoms with Crippen LogP contribution in [0.2, 0.25) is 0 Å². The van der Waals surface area contributed by atoms with E-state index in [1.165, 1.54) is 37.9 Å². The summed E-state index contributed by atoms with van der Waals surface area (Å²) < 4.78 is 53.2. The molecule has 2 N–H and O–H groups in total. The van der Waals surface area contributed by atoms with Crippen molar-refractivity contribution in [3.63, 3.8) is 0 Å². The lowest BCUT2D eigenvalue weighted by Gasteiger charge is -2.16. The highest BCUT2D eigenvalue weighted by atomic mass is 19.4. The lowest BCUT2D eigenvalue weighted by Crippen LogP contribution is -2.37. The van der Waals surface area contributed by atoms with Crippen molar-refractivity contribution < 1.29 is 42.2 Å². The molecule has 2 aromatic rings. The third-order valence-electron chi connectivity index (χ3n) is 4.42. The number of hydroxylamine groups is 1. The molecular weight excluding hydrogens is 431 g/mol. The second kappa shape index (κ2) is 11.2. The Labute approximate surface area is 182 Å². The van der Waals surface area contributed by atoms with E-state index in [1.54, 1.807) is 18.2 Å². The minimum atomic E-state index is -4.42. The summed E-state index contributed by atoms with van der Waals surface area (Å²) in [4.78, 5) is 24.0. The van der Waals surface area contributed by atoms with Gasteiger partial charge in [0.05, 0.1) is 19.8 Å². The van der Waals surface area contributed by atoms with Crippen LogP contribution in [0.1, 0.15) is 16.7 Å². The fraction of sp³-hybridized carbons (Fsp3) is 0.273. The summed E-state index contributed by atoms with van der Waals surface area (Å²) in [5.41, 5.74) is 1.82. The number of alkyl halides is 3. The van der Waals surface area contributed by atoms with Crippen molar-refractivity contribution in [3.05, 3.63) is 71.3 Å². The topological polar surface area (TPSA) is 94.1 Å². The highest BCUT2D eigenvalue weighted by Gasteiger charge is 2.29. The van der Waals surface area contributed by atoms with Crippen molar-refractivity contribution in [2.24, 2.45) is 0 Å². The Bertz CT molecular complexity index is 957. The van der Waals surface area contributed by atoms with Crippen LogP contribution in [0.5, 0.6) is 11.5 Å². The molecule has 10 heteroatoms. The fourth-order valence-corrected chi connectivity index (χ4v) is 2.78. The largest absolute Gasteiger partial charge is 0.493 e. The quantitative estimate of drug-likeness (QED) is 0.261. The number of amides is 1. The molecule has 172 valence electrons. The second-order valence-electron chi connectivity index (χ2n) is 6.60. The van der Waals surface area contributed by atoms with Crippen LogP contribution in [0.4, 0.5) is 13.2 Å². The van der Waals surface area contributed by atoms with E-state index in [0.29, 0.717) is 22.6 Å². The summed E-state index contributed by atoms with van der Waals surface area (Å²) in [5, 5.41) is 8.95. The first kappa shape index (κ1) is 24.7. The first-order chi connectivity index (χ1) is 15.2. The summed E-state index contributed by atoms with van der Waals surface area (Å²) in [6.45, 7) is 0. The summed E-state index contributed by atoms with van der Waals surface area (Å²) in [6, 6.07) is 9.37. The normalized spacial score (nSPS) is 12.3. The molecular formula is C22H22F3NO6. The first-order valence-electron chi connectivity index (χ1n) is 9.36. The molecule has 0 aromatic heterocycles. The van der Waals surface area contributed by atoms with Gasteiger partial charge < -0.3 is 14.2 Å². The van der Waals surface area contributed by atoms with Crippen LogP contribution < -0.4 is 15.0 Å². The minimum absolute atomic E-state index is 0.0504. The smallest absolute Gasteiger partial charge is 0.416 e. The van der Waals surface area contributed by atoms with E-state index in [1.807, 2.05) is 0 Å². The van der Waals surface area contributed by atoms with Crippen molar-refractivity contribution in [2.45, 2.75) is 25.1 Å². The first-order valence-corrected chi connectivity index (χ1v) is 9.36. The SMILES string of the molecule is COc1ccc(CC(OC(=O)/C=C/Cc2ccc(C(F)(F)F)cc2)C(=O)NO)cc1OC. The zero-order valence-electron chi connectivity index (χ0n) is 17.3. The molecule has 0 heterocycles. The molecule has 0 fully saturated rings. The second-order valence-corrected chi connectivity index (χ2v) is 6.60. The number of esters is 1. The Hall–Kier alpha value is -3.53. The Morgan fingerprint density at radius 1 is 1.03 bits per heavy atom. The number of hydrogen-bond acceptors (Lipinski definition) is 6. The van der Waals surface area contributed by atoms with Gasteiger partial charge in [-0.1, -0.05) is 24.3 Å². The van der Waals surface area contributed by atoms with E-state index in [4.69, 9.17) is 19.4 Å². The number of methoxy groups -OCH3 is 2. The van der Waals surface area contributed by atoms with Gasteiger partial charge in [0.15, 0.2) is 17.6 Å². The van der Waals surface area contributed by atoms with E-state index < -0.39 is 29.7 Å². The fourth-order valence-electron chi connectivity index (χ4n) is 2.78. The van der Waals surface area contributed by atoms with Crippen LogP contribution in [0.15, 0.2) is 54.6 Å². The molecule has 0 aliphatic carbocycles. The van der Waals surface area contributed by atoms with Crippen LogP contribution in [0.3, 0.4) is 0 Å². The maximum Gasteiger partial charge on any atom is 0.416 e. The average molecular weight is 453 g/mol. The van der Waals surface area contributed by atoms with Gasteiger partial charge in [0.2, 0.25) is 0 Å². The number of nitrogens with one attached hydrogen (secondary N) is 1. The summed E-state index contributed by atoms with van der Waals surface area (Å²) in [5.74, 6) is -0.895. The molecule has 1 unspecified atom stereocenters. The van der Waals surface area contributed by atoms with Crippen LogP contribution in [-0.4, -0.2) is 37.4 Å². The molecule has 0 saturated heterocycles. The van der Waals surface area contributed by atoms with Crippen LogP contribution in [-0.2, 0) is 33.3 Å². The van der Waals surface area contributed by atoms with Gasteiger partial charge in [0, 0.05) is 12.5 Å². The van der Waals surface area contributed by atoms with Gasteiger partial charge in [-0.2, -0.15) is 13.2 Å². The zero-order chi connectivity index (χ0) is 23.7. The molecule has 0 aliphatic heterocycles. The number of hydrogen-bond donors (Lipinski definition) is 2. The minimum Gasteiger partial charge on any atom is -0.493 e. The van der Waals surface area contributed by atoms with Crippen molar-refractivity contribution in [3.8, 4) is 11.5 Å². The number of rotatable bonds is 9. The molecule has 0 saturated carbocycles. The average Bonchev–Trinajstić information content (AvgIpc) is 2.77. The summed E-state index contributed by atoms with van der Waals surface area (Å²) >= 11 is 0. The Morgan fingerprint density at radius 3 is 2.22 bits per heavy atom. The van der Waals surface area contributed by atoms with E-state index in [9.17, 15) is 22.8 Å². The molecule has 0 spiro atoms. The number of ether oxygens (including phenoxy) is 3. The number of carbonyl (C=O) groups is 2. The van der Waals surface area contributed by atoms with Crippen LogP contribution >= 0.6 is 0 Å². The van der Waals surface area contributed by atoms with Crippen molar-refractivity contribution >= 4 is 11.9 Å². The molecule has 7 nitrogen and oxygen atoms in total. The number of allylic oxidation sites excluding steroid dienone is 1. The zero-order valence-corrected chi connectivity index (χ0v) is 17.3. The van der Waals surface area contributed by atoms with Gasteiger partial charge in [-0.3, -0.25) is 10.0 Å². The van der Waals surface area contributed by atoms with Gasteiger partial charge in [-0.25, -0.2) is 10.3 Å². The van der Waals surface area contributed by atoms with Gasteiger partial charge >= 0.3 is 12.1 Å². The molecule has 2 rings (SSSR count). The molecule has 0 radical (unpaired) electrons. The van der Waals surface area contributed by atoms with Gasteiger partial charge in [0.1, 0.15) is 0 Å². The highest BCUT2D eigenvalue weighted by Crippen LogP contribution is 2.29. The molecule has 32 heavy (non-hydrogen) atoms. The summed E-state index contributed by atoms with van der Waals surface area (Å²) in [7, 11) is 2.92. The molecule has 0 bridgehead atoms. The van der Waals surface area contributed by atoms with E-state index >= 15 is 0 Å². The standard InChI is InChI=1S/C22H22F3NO6/c1-30-17-11-8-15(12-18(17)31-2)13-19(21(28)26-29)32-20(27)5-3-4-14-6-9-16(10-7-14)22(23,24)25/h3,5-12,19,29H,4,13H2,1-2H3,(H,26,28)/b5-3+. The highest BCUT2D eigenvalue weighted by molar-refractivity contribution is 5.87. The Kier molecular flexibility index (Phi) is 8.65. The van der Waals surface area contributed by atoms with E-state index in [-0.39, 0.29) is 12.8 Å². The maximum atomic E-state index is 12.6. The number of benzene rings is 2. The monoisotopic (exact) mass is 453 g/mol. The third-order valence-corrected chi connectivity index (χ3v) is 4.42. The van der Waals surface area contributed by atoms with E-state index in [2.05, 4.69) is 0 Å². The van der Waals surface area contributed by atoms with E-state index in [0.717, 1.165) is 18.2 Å². The van der Waals surface area contributed by atoms with Crippen molar-refractivity contribution in [1.82, 2.24) is 5.48 Å². The summed E-state index contributed by atoms with van der Waals surface area (Å²) in [6.07, 6.45) is -3.17. The van der Waals surface area contributed by atoms with Gasteiger partial charge in [-0.05, 0) is 41.8 Å². The number of carbonyl (C=O) groups excluding carboxylic acids is 2. The van der Waals surface area contributed by atoms with Crippen LogP contribution in [0.25, 0.3) is 0 Å². The predicted octanol–water partition coefficient (Wildman–Crippen LogP) is 3.48. The molecule has 1 amide bonds. The van der Waals surface area contributed by atoms with Crippen molar-refractivity contribution in [2.75, 3.05) is 14.2 Å². The molecule has 2 aromatic carbocycles. The van der Waals surface area contributed by atoms with Crippen molar-refractivity contribution in [1.29, 1.82) is 0 Å². The molecule has 0 aliphatic rings. The van der Waals surface area contributed by atoms with Gasteiger partial charge in [0.25, 0.3) is 5.91 Å². The lowest BCUT2D eigenvalue weighted by atomic mass is 10.1. The van der Waals surface area contributed by atoms with Crippen LogP contribution in [0, 0.1) is 0 Å². The third kappa shape index (κ3) is 7.02. The number of halogens is 3. The Balaban J connectivity index is 2.01. The lowest BCUT2D eigenvalue weighted by molar-refractivity contribution is -0.155. The van der Waals surface area contributed by atoms with Gasteiger partial charge in [-0.15, -0.1) is 0 Å². The Morgan fingerprint density at radius 2 is 1.66 bits per heavy atom. The molecule has 1 atom stereocenters. The maximum absolute atomic E-state index is 12.6. The predicted molar refractivity (Wildman–Crippen MR) is 107 cm³/mol.